The molecule has 4 atom stereocenters. The molecule has 0 aromatic heterocycles. The number of rotatable bonds is 7. The first-order valence-corrected chi connectivity index (χ1v) is 18.2. The van der Waals surface area contributed by atoms with Gasteiger partial charge in [-0.1, -0.05) is 223 Å². The highest BCUT2D eigenvalue weighted by Crippen LogP contribution is 2.69. The standard InChI is InChI=1S/C50H39B/c1-8-22-36(23-9-1)43-44(37-24-10-2-11-25-37)48(41-32-18-6-19-33-41)51-49(42-34-20-7-21-35-42)46(39-28-14-4-15-29-39)47(40-30-16-5-17-31-40)50(51)45(43)38-26-12-3-13-27-38/h1-35,46-47,49-50H. The summed E-state index contributed by atoms with van der Waals surface area (Å²) >= 11 is 0. The summed E-state index contributed by atoms with van der Waals surface area (Å²) in [6, 6.07) is 79.1. The first-order valence-electron chi connectivity index (χ1n) is 18.2. The molecule has 0 spiro atoms. The van der Waals surface area contributed by atoms with Gasteiger partial charge in [0.15, 0.2) is 6.71 Å². The fourth-order valence-corrected chi connectivity index (χ4v) is 9.43. The monoisotopic (exact) mass is 650 g/mol. The molecule has 0 amide bonds. The second-order valence-corrected chi connectivity index (χ2v) is 13.9. The van der Waals surface area contributed by atoms with E-state index in [2.05, 4.69) is 212 Å². The number of hydrogen-bond acceptors (Lipinski definition) is 0. The zero-order chi connectivity index (χ0) is 34.0. The summed E-state index contributed by atoms with van der Waals surface area (Å²) in [4.78, 5) is 0. The highest BCUT2D eigenvalue weighted by molar-refractivity contribution is 6.88. The highest BCUT2D eigenvalue weighted by Gasteiger charge is 2.59. The third-order valence-corrected chi connectivity index (χ3v) is 11.2. The van der Waals surface area contributed by atoms with Gasteiger partial charge in [-0.2, -0.15) is 0 Å². The van der Waals surface area contributed by atoms with E-state index in [4.69, 9.17) is 0 Å². The third kappa shape index (κ3) is 5.60. The Balaban J connectivity index is 1.50. The summed E-state index contributed by atoms with van der Waals surface area (Å²) in [5.74, 6) is 0.848. The zero-order valence-corrected chi connectivity index (χ0v) is 28.6. The lowest BCUT2D eigenvalue weighted by Crippen LogP contribution is -2.32. The van der Waals surface area contributed by atoms with Crippen LogP contribution < -0.4 is 0 Å². The summed E-state index contributed by atoms with van der Waals surface area (Å²) in [5.41, 5.74) is 14.9. The maximum absolute atomic E-state index is 2.38. The maximum Gasteiger partial charge on any atom is 0.194 e. The van der Waals surface area contributed by atoms with Crippen molar-refractivity contribution < 1.29 is 0 Å². The lowest BCUT2D eigenvalue weighted by Gasteiger charge is -2.39. The Morgan fingerprint density at radius 2 is 0.608 bits per heavy atom. The molecule has 1 heteroatoms. The summed E-state index contributed by atoms with van der Waals surface area (Å²) in [6.45, 7) is 0.183. The van der Waals surface area contributed by atoms with Crippen molar-refractivity contribution in [2.45, 2.75) is 23.5 Å². The van der Waals surface area contributed by atoms with Gasteiger partial charge in [-0.3, -0.25) is 0 Å². The molecule has 2 aliphatic heterocycles. The Bertz CT molecular complexity index is 2130. The average molecular weight is 651 g/mol. The molecule has 9 rings (SSSR count). The molecule has 1 fully saturated rings. The van der Waals surface area contributed by atoms with Crippen LogP contribution in [0.25, 0.3) is 22.2 Å². The predicted octanol–water partition coefficient (Wildman–Crippen LogP) is 12.5. The van der Waals surface area contributed by atoms with Gasteiger partial charge in [-0.05, 0) is 73.6 Å². The van der Waals surface area contributed by atoms with Crippen LogP contribution in [0, 0.1) is 0 Å². The minimum atomic E-state index is 0.183. The van der Waals surface area contributed by atoms with E-state index >= 15 is 0 Å². The number of fused-ring (bicyclic) bond motifs is 1. The van der Waals surface area contributed by atoms with Crippen LogP contribution in [0.3, 0.4) is 0 Å². The zero-order valence-electron chi connectivity index (χ0n) is 28.6. The predicted molar refractivity (Wildman–Crippen MR) is 216 cm³/mol. The smallest absolute Gasteiger partial charge is 0.0633 e. The first kappa shape index (κ1) is 31.1. The second kappa shape index (κ2) is 13.8. The van der Waals surface area contributed by atoms with Gasteiger partial charge in [0, 0.05) is 0 Å². The number of benzene rings is 7. The number of hydrogen-bond donors (Lipinski definition) is 0. The topological polar surface area (TPSA) is 0 Å². The lowest BCUT2D eigenvalue weighted by molar-refractivity contribution is 0.574. The summed E-state index contributed by atoms with van der Waals surface area (Å²) in [5, 5.41) is 0. The van der Waals surface area contributed by atoms with E-state index in [0.29, 0.717) is 0 Å². The van der Waals surface area contributed by atoms with Gasteiger partial charge in [0.25, 0.3) is 0 Å². The van der Waals surface area contributed by atoms with Crippen molar-refractivity contribution in [3.05, 3.63) is 251 Å². The van der Waals surface area contributed by atoms with Crippen molar-refractivity contribution in [3.63, 3.8) is 0 Å². The summed E-state index contributed by atoms with van der Waals surface area (Å²) < 4.78 is 0. The minimum Gasteiger partial charge on any atom is -0.0633 e. The molecule has 51 heavy (non-hydrogen) atoms. The lowest BCUT2D eigenvalue weighted by atomic mass is 9.27. The second-order valence-electron chi connectivity index (χ2n) is 13.9. The molecule has 4 unspecified atom stereocenters. The van der Waals surface area contributed by atoms with E-state index in [1.807, 2.05) is 0 Å². The van der Waals surface area contributed by atoms with Crippen LogP contribution in [0.4, 0.5) is 0 Å². The molecular formula is C50H39B. The maximum atomic E-state index is 2.38. The Hall–Kier alpha value is -5.92. The molecule has 2 aliphatic rings. The Labute approximate surface area is 302 Å². The molecule has 0 nitrogen and oxygen atoms in total. The van der Waals surface area contributed by atoms with Gasteiger partial charge >= 0.3 is 0 Å². The molecular weight excluding hydrogens is 611 g/mol. The molecule has 1 saturated heterocycles. The van der Waals surface area contributed by atoms with Gasteiger partial charge in [-0.25, -0.2) is 0 Å². The van der Waals surface area contributed by atoms with Gasteiger partial charge in [-0.15, -0.1) is 0 Å². The van der Waals surface area contributed by atoms with Crippen LogP contribution in [0.5, 0.6) is 0 Å². The SMILES string of the molecule is c1ccc(C2=C(c3ccccc3)C(c3ccccc3)=C(c3ccccc3)C3B2C(c2ccccc2)C(c2ccccc2)C3c2ccccc2)cc1. The van der Waals surface area contributed by atoms with Crippen molar-refractivity contribution in [1.29, 1.82) is 0 Å². The molecule has 2 heterocycles. The van der Waals surface area contributed by atoms with E-state index in [9.17, 15) is 0 Å². The molecule has 0 N–H and O–H groups in total. The molecule has 0 aliphatic carbocycles. The van der Waals surface area contributed by atoms with E-state index in [-0.39, 0.29) is 30.2 Å². The van der Waals surface area contributed by atoms with Gasteiger partial charge in [0.05, 0.1) is 0 Å². The van der Waals surface area contributed by atoms with Crippen LogP contribution in [-0.4, -0.2) is 6.71 Å². The summed E-state index contributed by atoms with van der Waals surface area (Å²) in [7, 11) is 0. The fourth-order valence-electron chi connectivity index (χ4n) is 9.43. The third-order valence-electron chi connectivity index (χ3n) is 11.2. The average Bonchev–Trinajstić information content (AvgIpc) is 3.58. The highest BCUT2D eigenvalue weighted by atomic mass is 14.5. The Morgan fingerprint density at radius 1 is 0.275 bits per heavy atom. The first-order chi connectivity index (χ1) is 25.4. The van der Waals surface area contributed by atoms with E-state index < -0.39 is 0 Å². The van der Waals surface area contributed by atoms with Crippen LogP contribution in [-0.2, 0) is 0 Å². The Kier molecular flexibility index (Phi) is 8.40. The van der Waals surface area contributed by atoms with Crippen LogP contribution >= 0.6 is 0 Å². The molecule has 0 saturated carbocycles. The molecule has 0 bridgehead atoms. The molecule has 242 valence electrons. The number of allylic oxidation sites excluding steroid dienone is 3. The molecule has 0 radical (unpaired) electrons. The largest absolute Gasteiger partial charge is 0.194 e. The van der Waals surface area contributed by atoms with Crippen LogP contribution in [0.1, 0.15) is 56.6 Å². The van der Waals surface area contributed by atoms with Crippen molar-refractivity contribution in [2.24, 2.45) is 0 Å². The van der Waals surface area contributed by atoms with Gasteiger partial charge < -0.3 is 0 Å². The quantitative estimate of drug-likeness (QED) is 0.151. The van der Waals surface area contributed by atoms with Crippen molar-refractivity contribution >= 4 is 28.9 Å². The van der Waals surface area contributed by atoms with Crippen LogP contribution in [0.15, 0.2) is 212 Å². The van der Waals surface area contributed by atoms with Crippen molar-refractivity contribution in [1.82, 2.24) is 0 Å². The van der Waals surface area contributed by atoms with E-state index in [1.54, 1.807) is 0 Å². The Morgan fingerprint density at radius 3 is 1.06 bits per heavy atom. The minimum absolute atomic E-state index is 0.183. The molecule has 7 aromatic rings. The van der Waals surface area contributed by atoms with Crippen molar-refractivity contribution in [2.75, 3.05) is 0 Å². The fraction of sp³-hybridized carbons (Fsp3) is 0.0800. The van der Waals surface area contributed by atoms with Gasteiger partial charge in [0.2, 0.25) is 0 Å². The van der Waals surface area contributed by atoms with Gasteiger partial charge in [0.1, 0.15) is 0 Å². The van der Waals surface area contributed by atoms with Crippen molar-refractivity contribution in [3.8, 4) is 0 Å². The van der Waals surface area contributed by atoms with Crippen LogP contribution in [0.2, 0.25) is 5.82 Å². The summed E-state index contributed by atoms with van der Waals surface area (Å²) in [6.07, 6.45) is 0. The van der Waals surface area contributed by atoms with E-state index in [1.165, 1.54) is 61.1 Å². The normalized spacial score (nSPS) is 20.0. The molecule has 7 aromatic carbocycles. The van der Waals surface area contributed by atoms with E-state index in [0.717, 1.165) is 0 Å².